The van der Waals surface area contributed by atoms with Gasteiger partial charge in [0.15, 0.2) is 5.41 Å². The second-order valence-corrected chi connectivity index (χ2v) is 4.27. The van der Waals surface area contributed by atoms with Crippen molar-refractivity contribution in [3.05, 3.63) is 0 Å². The van der Waals surface area contributed by atoms with Gasteiger partial charge in [0.05, 0.1) is 19.3 Å². The summed E-state index contributed by atoms with van der Waals surface area (Å²) >= 11 is 0. The van der Waals surface area contributed by atoms with Crippen LogP contribution < -0.4 is 0 Å². The first-order chi connectivity index (χ1) is 6.52. The van der Waals surface area contributed by atoms with Crippen LogP contribution in [0, 0.1) is 22.7 Å². The summed E-state index contributed by atoms with van der Waals surface area (Å²) in [6.45, 7) is 5.25. The molecule has 0 aromatic rings. The van der Waals surface area contributed by atoms with Gasteiger partial charge in [0.1, 0.15) is 0 Å². The quantitative estimate of drug-likeness (QED) is 0.665. The SMILES string of the molecule is CC(C)CN(C)C(=O)C1(C#N)COC1. The average Bonchev–Trinajstić information content (AvgIpc) is 2.01. The predicted octanol–water partition coefficient (Wildman–Crippen LogP) is 0.641. The van der Waals surface area contributed by atoms with Crippen molar-refractivity contribution in [3.8, 4) is 6.07 Å². The zero-order chi connectivity index (χ0) is 10.8. The van der Waals surface area contributed by atoms with E-state index < -0.39 is 5.41 Å². The van der Waals surface area contributed by atoms with Crippen LogP contribution in [0.1, 0.15) is 13.8 Å². The Labute approximate surface area is 84.4 Å². The van der Waals surface area contributed by atoms with E-state index in [4.69, 9.17) is 10.00 Å². The van der Waals surface area contributed by atoms with Gasteiger partial charge in [-0.15, -0.1) is 0 Å². The number of rotatable bonds is 3. The molecule has 4 nitrogen and oxygen atoms in total. The van der Waals surface area contributed by atoms with Crippen LogP contribution >= 0.6 is 0 Å². The Kier molecular flexibility index (Phi) is 3.12. The highest BCUT2D eigenvalue weighted by Gasteiger charge is 2.48. The molecule has 0 spiro atoms. The maximum atomic E-state index is 11.8. The normalized spacial score (nSPS) is 18.5. The van der Waals surface area contributed by atoms with E-state index >= 15 is 0 Å². The average molecular weight is 196 g/mol. The number of ether oxygens (including phenoxy) is 1. The molecule has 4 heteroatoms. The molecule has 1 aliphatic heterocycles. The van der Waals surface area contributed by atoms with Gasteiger partial charge in [-0.25, -0.2) is 0 Å². The van der Waals surface area contributed by atoms with Crippen molar-refractivity contribution in [2.75, 3.05) is 26.8 Å². The number of carbonyl (C=O) groups excluding carboxylic acids is 1. The Morgan fingerprint density at radius 1 is 1.64 bits per heavy atom. The monoisotopic (exact) mass is 196 g/mol. The van der Waals surface area contributed by atoms with E-state index in [1.807, 2.05) is 13.8 Å². The van der Waals surface area contributed by atoms with Crippen molar-refractivity contribution >= 4 is 5.91 Å². The number of amides is 1. The van der Waals surface area contributed by atoms with Gasteiger partial charge in [-0.3, -0.25) is 4.79 Å². The molecular weight excluding hydrogens is 180 g/mol. The number of carbonyl (C=O) groups is 1. The molecule has 1 amide bonds. The fourth-order valence-corrected chi connectivity index (χ4v) is 1.54. The second kappa shape index (κ2) is 3.97. The van der Waals surface area contributed by atoms with E-state index in [1.54, 1.807) is 11.9 Å². The van der Waals surface area contributed by atoms with Crippen LogP contribution in [0.15, 0.2) is 0 Å². The van der Waals surface area contributed by atoms with Gasteiger partial charge in [0.2, 0.25) is 5.91 Å². The number of hydrogen-bond donors (Lipinski definition) is 0. The molecule has 1 saturated heterocycles. The first-order valence-electron chi connectivity index (χ1n) is 4.76. The molecule has 78 valence electrons. The van der Waals surface area contributed by atoms with Gasteiger partial charge in [0, 0.05) is 13.6 Å². The fourth-order valence-electron chi connectivity index (χ4n) is 1.54. The van der Waals surface area contributed by atoms with Crippen LogP contribution in [0.3, 0.4) is 0 Å². The van der Waals surface area contributed by atoms with Crippen molar-refractivity contribution in [1.29, 1.82) is 5.26 Å². The minimum atomic E-state index is -0.899. The lowest BCUT2D eigenvalue weighted by atomic mass is 9.86. The zero-order valence-corrected chi connectivity index (χ0v) is 8.91. The summed E-state index contributed by atoms with van der Waals surface area (Å²) in [6, 6.07) is 2.05. The van der Waals surface area contributed by atoms with Crippen molar-refractivity contribution in [2.24, 2.45) is 11.3 Å². The molecule has 1 heterocycles. The molecule has 0 radical (unpaired) electrons. The topological polar surface area (TPSA) is 53.3 Å². The van der Waals surface area contributed by atoms with E-state index in [0.29, 0.717) is 12.5 Å². The Bertz CT molecular complexity index is 264. The van der Waals surface area contributed by atoms with Crippen LogP contribution in [0.2, 0.25) is 0 Å². The highest BCUT2D eigenvalue weighted by Crippen LogP contribution is 2.28. The summed E-state index contributed by atoms with van der Waals surface area (Å²) in [4.78, 5) is 13.5. The Morgan fingerprint density at radius 2 is 2.21 bits per heavy atom. The summed E-state index contributed by atoms with van der Waals surface area (Å²) in [5.74, 6) is 0.306. The van der Waals surface area contributed by atoms with Crippen LogP contribution in [-0.4, -0.2) is 37.6 Å². The third-order valence-electron chi connectivity index (χ3n) is 2.31. The molecule has 0 saturated carbocycles. The van der Waals surface area contributed by atoms with E-state index in [2.05, 4.69) is 6.07 Å². The molecule has 0 aliphatic carbocycles. The molecule has 1 rings (SSSR count). The fraction of sp³-hybridized carbons (Fsp3) is 0.800. The maximum Gasteiger partial charge on any atom is 0.247 e. The van der Waals surface area contributed by atoms with E-state index in [9.17, 15) is 4.79 Å². The van der Waals surface area contributed by atoms with Gasteiger partial charge in [0.25, 0.3) is 0 Å². The van der Waals surface area contributed by atoms with Crippen LogP contribution in [0.4, 0.5) is 0 Å². The Morgan fingerprint density at radius 3 is 2.50 bits per heavy atom. The molecule has 0 bridgehead atoms. The Balaban J connectivity index is 2.60. The van der Waals surface area contributed by atoms with Gasteiger partial charge in [-0.1, -0.05) is 13.8 Å². The smallest absolute Gasteiger partial charge is 0.247 e. The van der Waals surface area contributed by atoms with Crippen LogP contribution in [0.25, 0.3) is 0 Å². The van der Waals surface area contributed by atoms with E-state index in [1.165, 1.54) is 0 Å². The van der Waals surface area contributed by atoms with Gasteiger partial charge >= 0.3 is 0 Å². The molecule has 1 aliphatic rings. The summed E-state index contributed by atoms with van der Waals surface area (Å²) in [7, 11) is 1.74. The number of nitriles is 1. The summed E-state index contributed by atoms with van der Waals surface area (Å²) in [5.41, 5.74) is -0.899. The Hall–Kier alpha value is -1.08. The number of hydrogen-bond acceptors (Lipinski definition) is 3. The van der Waals surface area contributed by atoms with E-state index in [-0.39, 0.29) is 19.1 Å². The third-order valence-corrected chi connectivity index (χ3v) is 2.31. The van der Waals surface area contributed by atoms with Gasteiger partial charge in [-0.2, -0.15) is 5.26 Å². The van der Waals surface area contributed by atoms with Crippen molar-refractivity contribution in [1.82, 2.24) is 4.90 Å². The minimum absolute atomic E-state index is 0.111. The van der Waals surface area contributed by atoms with Crippen molar-refractivity contribution < 1.29 is 9.53 Å². The maximum absolute atomic E-state index is 11.8. The van der Waals surface area contributed by atoms with E-state index in [0.717, 1.165) is 0 Å². The molecule has 1 fully saturated rings. The standard InChI is InChI=1S/C10H16N2O2/c1-8(2)4-12(3)9(13)10(5-11)6-14-7-10/h8H,4,6-7H2,1-3H3. The molecule has 0 aromatic carbocycles. The highest BCUT2D eigenvalue weighted by atomic mass is 16.5. The number of nitrogens with zero attached hydrogens (tertiary/aromatic N) is 2. The molecule has 0 N–H and O–H groups in total. The highest BCUT2D eigenvalue weighted by molar-refractivity contribution is 5.86. The van der Waals surface area contributed by atoms with Crippen LogP contribution in [0.5, 0.6) is 0 Å². The van der Waals surface area contributed by atoms with Crippen LogP contribution in [-0.2, 0) is 9.53 Å². The first kappa shape index (κ1) is 11.0. The summed E-state index contributed by atoms with van der Waals surface area (Å²) in [5, 5.41) is 8.91. The third kappa shape index (κ3) is 1.88. The lowest BCUT2D eigenvalue weighted by molar-refractivity contribution is -0.160. The van der Waals surface area contributed by atoms with Gasteiger partial charge < -0.3 is 9.64 Å². The predicted molar refractivity (Wildman–Crippen MR) is 51.3 cm³/mol. The van der Waals surface area contributed by atoms with Crippen molar-refractivity contribution in [2.45, 2.75) is 13.8 Å². The minimum Gasteiger partial charge on any atom is -0.377 e. The van der Waals surface area contributed by atoms with Crippen molar-refractivity contribution in [3.63, 3.8) is 0 Å². The molecule has 14 heavy (non-hydrogen) atoms. The zero-order valence-electron chi connectivity index (χ0n) is 8.91. The summed E-state index contributed by atoms with van der Waals surface area (Å²) < 4.78 is 4.94. The van der Waals surface area contributed by atoms with Gasteiger partial charge in [-0.05, 0) is 5.92 Å². The molecule has 0 atom stereocenters. The summed E-state index contributed by atoms with van der Waals surface area (Å²) in [6.07, 6.45) is 0. The molecule has 0 aromatic heterocycles. The largest absolute Gasteiger partial charge is 0.377 e. The lowest BCUT2D eigenvalue weighted by Crippen LogP contribution is -2.54. The molecule has 0 unspecified atom stereocenters. The lowest BCUT2D eigenvalue weighted by Gasteiger charge is -2.36. The molecular formula is C10H16N2O2. The first-order valence-corrected chi connectivity index (χ1v) is 4.76. The second-order valence-electron chi connectivity index (χ2n) is 4.27.